The molecule has 1 aliphatic rings. The lowest BCUT2D eigenvalue weighted by molar-refractivity contribution is -0.385. The summed E-state index contributed by atoms with van der Waals surface area (Å²) in [5.41, 5.74) is 0.911. The minimum absolute atomic E-state index is 0.0260. The molecule has 0 radical (unpaired) electrons. The zero-order chi connectivity index (χ0) is 13.8. The normalized spacial score (nSPS) is 15.9. The molecule has 104 valence electrons. The summed E-state index contributed by atoms with van der Waals surface area (Å²) in [7, 11) is 0. The summed E-state index contributed by atoms with van der Waals surface area (Å²) in [5.74, 6) is 1.08. The number of nitro benzene ring substituents is 1. The fourth-order valence-corrected chi connectivity index (χ4v) is 2.06. The van der Waals surface area contributed by atoms with Gasteiger partial charge in [-0.1, -0.05) is 6.92 Å². The van der Waals surface area contributed by atoms with Crippen LogP contribution < -0.4 is 10.1 Å². The molecule has 1 fully saturated rings. The van der Waals surface area contributed by atoms with Crippen LogP contribution in [0.15, 0.2) is 18.2 Å². The third kappa shape index (κ3) is 3.59. The molecule has 0 aromatic heterocycles. The first kappa shape index (κ1) is 13.6. The fourth-order valence-electron chi connectivity index (χ4n) is 2.06. The van der Waals surface area contributed by atoms with Gasteiger partial charge in [-0.25, -0.2) is 0 Å². The van der Waals surface area contributed by atoms with Gasteiger partial charge in [0.2, 0.25) is 0 Å². The Balaban J connectivity index is 2.13. The smallest absolute Gasteiger partial charge is 0.311 e. The van der Waals surface area contributed by atoms with Crippen LogP contribution in [0.3, 0.4) is 0 Å². The molecule has 0 bridgehead atoms. The number of nitrogens with one attached hydrogen (secondary N) is 1. The molecular formula is C14H20N2O3. The Kier molecular flexibility index (Phi) is 4.24. The van der Waals surface area contributed by atoms with Crippen molar-refractivity contribution in [3.63, 3.8) is 0 Å². The fraction of sp³-hybridized carbons (Fsp3) is 0.571. The summed E-state index contributed by atoms with van der Waals surface area (Å²) >= 11 is 0. The highest BCUT2D eigenvalue weighted by Crippen LogP contribution is 2.35. The van der Waals surface area contributed by atoms with E-state index in [4.69, 9.17) is 4.74 Å². The Morgan fingerprint density at radius 2 is 2.26 bits per heavy atom. The summed E-state index contributed by atoms with van der Waals surface area (Å²) in [6.45, 7) is 4.61. The number of benzene rings is 1. The number of hydrogen-bond donors (Lipinski definition) is 1. The highest BCUT2D eigenvalue weighted by atomic mass is 16.6. The van der Waals surface area contributed by atoms with Crippen LogP contribution in [0, 0.1) is 16.0 Å². The van der Waals surface area contributed by atoms with Crippen LogP contribution in [0.5, 0.6) is 5.75 Å². The van der Waals surface area contributed by atoms with E-state index in [0.717, 1.165) is 18.0 Å². The van der Waals surface area contributed by atoms with E-state index in [-0.39, 0.29) is 5.69 Å². The largest absolute Gasteiger partial charge is 0.487 e. The van der Waals surface area contributed by atoms with Gasteiger partial charge in [-0.15, -0.1) is 0 Å². The van der Waals surface area contributed by atoms with Gasteiger partial charge in [0.1, 0.15) is 0 Å². The maximum atomic E-state index is 10.9. The molecule has 0 amide bonds. The number of nitro groups is 1. The van der Waals surface area contributed by atoms with E-state index in [2.05, 4.69) is 12.2 Å². The third-order valence-electron chi connectivity index (χ3n) is 3.34. The lowest BCUT2D eigenvalue weighted by atomic mass is 10.2. The average molecular weight is 264 g/mol. The van der Waals surface area contributed by atoms with Crippen molar-refractivity contribution in [3.8, 4) is 5.75 Å². The van der Waals surface area contributed by atoms with E-state index >= 15 is 0 Å². The van der Waals surface area contributed by atoms with Gasteiger partial charge < -0.3 is 10.1 Å². The van der Waals surface area contributed by atoms with Gasteiger partial charge >= 0.3 is 5.69 Å². The van der Waals surface area contributed by atoms with Crippen molar-refractivity contribution in [3.05, 3.63) is 28.3 Å². The minimum Gasteiger partial charge on any atom is -0.487 e. The van der Waals surface area contributed by atoms with E-state index in [1.54, 1.807) is 12.1 Å². The number of rotatable bonds is 7. The van der Waals surface area contributed by atoms with Gasteiger partial charge in [0.25, 0.3) is 0 Å². The SMILES string of the molecule is CCCOc1cc(NC(C)C2CC2)ccc1[N+](=O)[O-]. The lowest BCUT2D eigenvalue weighted by Crippen LogP contribution is -2.17. The van der Waals surface area contributed by atoms with Gasteiger partial charge in [0.05, 0.1) is 11.5 Å². The molecule has 1 N–H and O–H groups in total. The quantitative estimate of drug-likeness (QED) is 0.603. The van der Waals surface area contributed by atoms with Gasteiger partial charge in [0, 0.05) is 23.9 Å². The molecule has 1 saturated carbocycles. The average Bonchev–Trinajstić information content (AvgIpc) is 3.20. The second kappa shape index (κ2) is 5.91. The molecule has 2 rings (SSSR count). The van der Waals surface area contributed by atoms with Crippen molar-refractivity contribution in [1.29, 1.82) is 0 Å². The minimum atomic E-state index is -0.404. The van der Waals surface area contributed by atoms with Crippen molar-refractivity contribution < 1.29 is 9.66 Å². The maximum absolute atomic E-state index is 10.9. The number of anilines is 1. The number of nitrogens with zero attached hydrogens (tertiary/aromatic N) is 1. The maximum Gasteiger partial charge on any atom is 0.311 e. The van der Waals surface area contributed by atoms with Crippen LogP contribution >= 0.6 is 0 Å². The zero-order valence-electron chi connectivity index (χ0n) is 11.4. The van der Waals surface area contributed by atoms with E-state index in [1.807, 2.05) is 6.92 Å². The zero-order valence-corrected chi connectivity index (χ0v) is 11.4. The third-order valence-corrected chi connectivity index (χ3v) is 3.34. The molecule has 5 heteroatoms. The van der Waals surface area contributed by atoms with Crippen LogP contribution in [-0.4, -0.2) is 17.6 Å². The van der Waals surface area contributed by atoms with Crippen molar-refractivity contribution in [2.45, 2.75) is 39.2 Å². The summed E-state index contributed by atoms with van der Waals surface area (Å²) in [6.07, 6.45) is 3.36. The Morgan fingerprint density at radius 1 is 1.53 bits per heavy atom. The predicted molar refractivity (Wildman–Crippen MR) is 74.7 cm³/mol. The van der Waals surface area contributed by atoms with E-state index in [0.29, 0.717) is 18.4 Å². The van der Waals surface area contributed by atoms with Crippen LogP contribution in [0.1, 0.15) is 33.1 Å². The summed E-state index contributed by atoms with van der Waals surface area (Å²) in [6, 6.07) is 5.38. The second-order valence-electron chi connectivity index (χ2n) is 5.06. The van der Waals surface area contributed by atoms with Crippen LogP contribution in [0.25, 0.3) is 0 Å². The molecule has 1 unspecified atom stereocenters. The topological polar surface area (TPSA) is 64.4 Å². The summed E-state index contributed by atoms with van der Waals surface area (Å²) in [5, 5.41) is 14.3. The molecule has 0 saturated heterocycles. The van der Waals surface area contributed by atoms with Gasteiger partial charge in [-0.2, -0.15) is 0 Å². The van der Waals surface area contributed by atoms with Crippen molar-refractivity contribution in [2.24, 2.45) is 5.92 Å². The van der Waals surface area contributed by atoms with Crippen LogP contribution in [0.2, 0.25) is 0 Å². The lowest BCUT2D eigenvalue weighted by Gasteiger charge is -2.15. The highest BCUT2D eigenvalue weighted by Gasteiger charge is 2.28. The first-order valence-electron chi connectivity index (χ1n) is 6.79. The van der Waals surface area contributed by atoms with E-state index in [9.17, 15) is 10.1 Å². The Morgan fingerprint density at radius 3 is 2.84 bits per heavy atom. The highest BCUT2D eigenvalue weighted by molar-refractivity contribution is 5.58. The molecule has 0 spiro atoms. The first-order chi connectivity index (χ1) is 9.11. The number of ether oxygens (including phenoxy) is 1. The van der Waals surface area contributed by atoms with E-state index in [1.165, 1.54) is 18.9 Å². The van der Waals surface area contributed by atoms with Gasteiger partial charge in [-0.05, 0) is 38.2 Å². The predicted octanol–water partition coefficient (Wildman–Crippen LogP) is 3.59. The monoisotopic (exact) mass is 264 g/mol. The Hall–Kier alpha value is -1.78. The van der Waals surface area contributed by atoms with Crippen molar-refractivity contribution >= 4 is 11.4 Å². The molecule has 1 aliphatic carbocycles. The first-order valence-corrected chi connectivity index (χ1v) is 6.79. The molecular weight excluding hydrogens is 244 g/mol. The molecule has 0 heterocycles. The molecule has 1 atom stereocenters. The molecule has 5 nitrogen and oxygen atoms in total. The van der Waals surface area contributed by atoms with Crippen molar-refractivity contribution in [2.75, 3.05) is 11.9 Å². The standard InChI is InChI=1S/C14H20N2O3/c1-3-8-19-14-9-12(6-7-13(14)16(17)18)15-10(2)11-4-5-11/h6-7,9-11,15H,3-5,8H2,1-2H3. The van der Waals surface area contributed by atoms with Crippen LogP contribution in [-0.2, 0) is 0 Å². The van der Waals surface area contributed by atoms with E-state index < -0.39 is 4.92 Å². The molecule has 19 heavy (non-hydrogen) atoms. The molecule has 0 aliphatic heterocycles. The second-order valence-corrected chi connectivity index (χ2v) is 5.06. The summed E-state index contributed by atoms with van der Waals surface area (Å²) in [4.78, 5) is 10.5. The molecule has 1 aromatic carbocycles. The molecule has 1 aromatic rings. The van der Waals surface area contributed by atoms with Crippen LogP contribution in [0.4, 0.5) is 11.4 Å². The van der Waals surface area contributed by atoms with Gasteiger partial charge in [0.15, 0.2) is 5.75 Å². The van der Waals surface area contributed by atoms with Gasteiger partial charge in [-0.3, -0.25) is 10.1 Å². The Bertz CT molecular complexity index is 458. The van der Waals surface area contributed by atoms with Crippen molar-refractivity contribution in [1.82, 2.24) is 0 Å². The number of hydrogen-bond acceptors (Lipinski definition) is 4. The Labute approximate surface area is 113 Å². The summed E-state index contributed by atoms with van der Waals surface area (Å²) < 4.78 is 5.46.